The Hall–Kier alpha value is -2.44. The third-order valence-electron chi connectivity index (χ3n) is 7.31. The average Bonchev–Trinajstić information content (AvgIpc) is 2.89. The summed E-state index contributed by atoms with van der Waals surface area (Å²) < 4.78 is 0. The molecule has 0 saturated carbocycles. The Kier molecular flexibility index (Phi) is 7.02. The number of hydrogen-bond acceptors (Lipinski definition) is 1. The number of hydrogen-bond donors (Lipinski definition) is 1. The van der Waals surface area contributed by atoms with Gasteiger partial charge in [-0.05, 0) is 0 Å². The third-order valence-corrected chi connectivity index (χ3v) is 15.7. The van der Waals surface area contributed by atoms with Crippen molar-refractivity contribution in [3.8, 4) is 0 Å². The van der Waals surface area contributed by atoms with Crippen LogP contribution in [0.1, 0.15) is 26.3 Å². The molecule has 4 rings (SSSR count). The van der Waals surface area contributed by atoms with E-state index >= 15 is 0 Å². The second-order valence-electron chi connectivity index (χ2n) is 9.92. The maximum absolute atomic E-state index is 12.1. The van der Waals surface area contributed by atoms with Crippen molar-refractivity contribution in [3.63, 3.8) is 0 Å². The van der Waals surface area contributed by atoms with Crippen LogP contribution in [0.3, 0.4) is 0 Å². The maximum atomic E-state index is 12.1. The molecule has 0 amide bonds. The van der Waals surface area contributed by atoms with E-state index in [0.717, 1.165) is 22.3 Å². The third kappa shape index (κ3) is 4.11. The van der Waals surface area contributed by atoms with E-state index in [2.05, 4.69) is 118 Å². The van der Waals surface area contributed by atoms with Crippen LogP contribution in [0.15, 0.2) is 121 Å². The summed E-state index contributed by atoms with van der Waals surface area (Å²) in [5.74, 6) is -3.62. The Bertz CT molecular complexity index is 1090. The van der Waals surface area contributed by atoms with Gasteiger partial charge in [0.2, 0.25) is 0 Å². The SMILES string of the molecule is C[C@H]([C@@H](O)C(C)(C)Cc1ccccc1)P(Cl)(c1ccccc1)(c1ccccc1)c1ccccc1. The van der Waals surface area contributed by atoms with Gasteiger partial charge in [-0.1, -0.05) is 0 Å². The molecule has 0 radical (unpaired) electrons. The summed E-state index contributed by atoms with van der Waals surface area (Å²) in [6, 6.07) is 41.6. The zero-order valence-corrected chi connectivity index (χ0v) is 21.8. The molecule has 176 valence electrons. The van der Waals surface area contributed by atoms with E-state index in [1.807, 2.05) is 24.3 Å². The quantitative estimate of drug-likeness (QED) is 0.274. The molecular formula is C31H34ClOP. The van der Waals surface area contributed by atoms with Gasteiger partial charge in [-0.3, -0.25) is 0 Å². The minimum absolute atomic E-state index is 0.237. The molecule has 2 atom stereocenters. The fourth-order valence-corrected chi connectivity index (χ4v) is 12.3. The van der Waals surface area contributed by atoms with E-state index in [0.29, 0.717) is 0 Å². The van der Waals surface area contributed by atoms with Crippen molar-refractivity contribution in [3.05, 3.63) is 127 Å². The van der Waals surface area contributed by atoms with Gasteiger partial charge in [0.05, 0.1) is 0 Å². The Balaban J connectivity index is 1.96. The standard InChI is InChI=1S/C31H34ClOP/c1-25(30(33)31(2,3)24-26-16-8-4-9-17-26)34(32,27-18-10-5-11-19-27,28-20-12-6-13-21-28)29-22-14-7-15-23-29/h4-23,25,30,33H,24H2,1-3H3/t25-,30-/m1/s1. The average molecular weight is 489 g/mol. The van der Waals surface area contributed by atoms with Crippen LogP contribution in [0.5, 0.6) is 0 Å². The molecule has 0 saturated heterocycles. The first kappa shape index (κ1) is 24.7. The van der Waals surface area contributed by atoms with E-state index in [1.54, 1.807) is 0 Å². The molecule has 0 aliphatic heterocycles. The molecule has 0 unspecified atom stereocenters. The van der Waals surface area contributed by atoms with E-state index < -0.39 is 17.5 Å². The van der Waals surface area contributed by atoms with Crippen molar-refractivity contribution in [2.24, 2.45) is 5.41 Å². The summed E-state index contributed by atoms with van der Waals surface area (Å²) in [4.78, 5) is 0. The monoisotopic (exact) mass is 488 g/mol. The van der Waals surface area contributed by atoms with E-state index in [1.165, 1.54) is 5.56 Å². The van der Waals surface area contributed by atoms with Gasteiger partial charge in [0.25, 0.3) is 0 Å². The number of benzene rings is 4. The Morgan fingerprint density at radius 2 is 0.971 bits per heavy atom. The summed E-state index contributed by atoms with van der Waals surface area (Å²) in [5, 5.41) is 15.4. The van der Waals surface area contributed by atoms with Crippen molar-refractivity contribution in [1.82, 2.24) is 0 Å². The van der Waals surface area contributed by atoms with Crippen LogP contribution < -0.4 is 15.9 Å². The van der Waals surface area contributed by atoms with Crippen LogP contribution >= 0.6 is 17.2 Å². The van der Waals surface area contributed by atoms with Gasteiger partial charge in [-0.15, -0.1) is 0 Å². The zero-order chi connectivity index (χ0) is 24.3. The summed E-state index contributed by atoms with van der Waals surface area (Å²) in [6.45, 7) is 6.45. The van der Waals surface area contributed by atoms with Crippen molar-refractivity contribution in [2.45, 2.75) is 39.0 Å². The van der Waals surface area contributed by atoms with Gasteiger partial charge in [0, 0.05) is 0 Å². The second-order valence-corrected chi connectivity index (χ2v) is 16.5. The van der Waals surface area contributed by atoms with Crippen molar-refractivity contribution in [2.75, 3.05) is 0 Å². The predicted molar refractivity (Wildman–Crippen MR) is 150 cm³/mol. The molecule has 0 aliphatic carbocycles. The van der Waals surface area contributed by atoms with Crippen molar-refractivity contribution >= 4 is 33.1 Å². The van der Waals surface area contributed by atoms with Gasteiger partial charge in [0.1, 0.15) is 0 Å². The Morgan fingerprint density at radius 1 is 0.647 bits per heavy atom. The van der Waals surface area contributed by atoms with Crippen LogP contribution in [0.4, 0.5) is 0 Å². The fraction of sp³-hybridized carbons (Fsp3) is 0.226. The number of halogens is 1. The molecule has 4 aromatic rings. The van der Waals surface area contributed by atoms with E-state index in [4.69, 9.17) is 11.2 Å². The van der Waals surface area contributed by atoms with E-state index in [-0.39, 0.29) is 5.66 Å². The van der Waals surface area contributed by atoms with Crippen LogP contribution in [0, 0.1) is 5.41 Å². The Labute approximate surface area is 209 Å². The van der Waals surface area contributed by atoms with Gasteiger partial charge >= 0.3 is 209 Å². The number of rotatable bonds is 8. The van der Waals surface area contributed by atoms with E-state index in [9.17, 15) is 5.11 Å². The summed E-state index contributed by atoms with van der Waals surface area (Å²) >= 11 is 8.30. The first-order valence-electron chi connectivity index (χ1n) is 11.9. The fourth-order valence-electron chi connectivity index (χ4n) is 5.46. The zero-order valence-electron chi connectivity index (χ0n) is 20.2. The topological polar surface area (TPSA) is 20.2 Å². The summed E-state index contributed by atoms with van der Waals surface area (Å²) in [7, 11) is 0. The molecule has 1 nitrogen and oxygen atoms in total. The van der Waals surface area contributed by atoms with Crippen LogP contribution in [0.2, 0.25) is 0 Å². The number of aliphatic hydroxyl groups excluding tert-OH is 1. The minimum atomic E-state index is -3.62. The molecular weight excluding hydrogens is 455 g/mol. The van der Waals surface area contributed by atoms with Gasteiger partial charge in [0.15, 0.2) is 0 Å². The molecule has 0 spiro atoms. The molecule has 0 aromatic heterocycles. The normalized spacial score (nSPS) is 15.1. The number of aliphatic hydroxyl groups is 1. The second kappa shape index (κ2) is 9.67. The van der Waals surface area contributed by atoms with Crippen molar-refractivity contribution in [1.29, 1.82) is 0 Å². The molecule has 0 aliphatic rings. The molecule has 0 bridgehead atoms. The molecule has 4 aromatic carbocycles. The predicted octanol–water partition coefficient (Wildman–Crippen LogP) is 6.69. The van der Waals surface area contributed by atoms with Crippen LogP contribution in [-0.2, 0) is 6.42 Å². The first-order valence-corrected chi connectivity index (χ1v) is 15.1. The summed E-state index contributed by atoms with van der Waals surface area (Å²) in [6.07, 6.45) is 0.115. The van der Waals surface area contributed by atoms with Crippen molar-refractivity contribution < 1.29 is 5.11 Å². The molecule has 0 fully saturated rings. The molecule has 0 heterocycles. The van der Waals surface area contributed by atoms with Gasteiger partial charge in [-0.2, -0.15) is 0 Å². The summed E-state index contributed by atoms with van der Waals surface area (Å²) in [5.41, 5.74) is 0.586. The van der Waals surface area contributed by atoms with Gasteiger partial charge < -0.3 is 0 Å². The van der Waals surface area contributed by atoms with Crippen LogP contribution in [-0.4, -0.2) is 16.9 Å². The van der Waals surface area contributed by atoms with Gasteiger partial charge in [-0.25, -0.2) is 0 Å². The Morgan fingerprint density at radius 3 is 1.32 bits per heavy atom. The molecule has 3 heteroatoms. The van der Waals surface area contributed by atoms with Crippen LogP contribution in [0.25, 0.3) is 0 Å². The first-order chi connectivity index (χ1) is 16.3. The molecule has 1 N–H and O–H groups in total. The molecule has 34 heavy (non-hydrogen) atoms.